The number of aromatic nitrogens is 1. The number of aryl methyl sites for hydroxylation is 1. The van der Waals surface area contributed by atoms with E-state index in [9.17, 15) is 4.79 Å². The molecule has 0 bridgehead atoms. The Morgan fingerprint density at radius 3 is 2.76 bits per heavy atom. The average molecular weight is 256 g/mol. The molecule has 1 rings (SSSR count). The van der Waals surface area contributed by atoms with Crippen molar-refractivity contribution in [2.75, 3.05) is 5.32 Å². The Bertz CT molecular complexity index is 409. The predicted octanol–water partition coefficient (Wildman–Crippen LogP) is 2.36. The smallest absolute Gasteiger partial charge is 0.241 e. The number of amides is 1. The van der Waals surface area contributed by atoms with E-state index >= 15 is 0 Å². The zero-order chi connectivity index (χ0) is 13.0. The molecule has 3 N–H and O–H groups in total. The largest absolute Gasteiger partial charge is 0.323 e. The summed E-state index contributed by atoms with van der Waals surface area (Å²) in [5, 5.41) is 3.18. The van der Waals surface area contributed by atoms with Gasteiger partial charge in [-0.25, -0.2) is 4.98 Å². The minimum Gasteiger partial charge on any atom is -0.323 e. The van der Waals surface area contributed by atoms with Crippen molar-refractivity contribution in [2.24, 2.45) is 11.7 Å². The molecule has 17 heavy (non-hydrogen) atoms. The van der Waals surface area contributed by atoms with Gasteiger partial charge in [-0.05, 0) is 25.0 Å². The second kappa shape index (κ2) is 5.98. The van der Waals surface area contributed by atoms with E-state index < -0.39 is 6.04 Å². The van der Waals surface area contributed by atoms with Crippen molar-refractivity contribution in [3.63, 3.8) is 0 Å². The Labute approximate surface area is 107 Å². The minimum atomic E-state index is -0.505. The predicted molar refractivity (Wildman–Crippen MR) is 70.0 cm³/mol. The van der Waals surface area contributed by atoms with E-state index in [1.165, 1.54) is 0 Å². The van der Waals surface area contributed by atoms with E-state index in [1.54, 1.807) is 19.1 Å². The van der Waals surface area contributed by atoms with E-state index in [0.29, 0.717) is 16.5 Å². The van der Waals surface area contributed by atoms with Crippen molar-refractivity contribution < 1.29 is 4.79 Å². The first kappa shape index (κ1) is 13.9. The quantitative estimate of drug-likeness (QED) is 0.812. The highest BCUT2D eigenvalue weighted by atomic mass is 35.5. The van der Waals surface area contributed by atoms with Gasteiger partial charge in [0.05, 0.1) is 17.4 Å². The molecule has 0 saturated carbocycles. The molecule has 0 aliphatic heterocycles. The number of hydrogen-bond donors (Lipinski definition) is 2. The van der Waals surface area contributed by atoms with Crippen molar-refractivity contribution in [1.82, 2.24) is 4.98 Å². The molecular weight excluding hydrogens is 238 g/mol. The zero-order valence-electron chi connectivity index (χ0n) is 10.3. The highest BCUT2D eigenvalue weighted by molar-refractivity contribution is 6.29. The molecular formula is C12H18ClN3O. The summed E-state index contributed by atoms with van der Waals surface area (Å²) in [5.41, 5.74) is 7.17. The number of nitrogens with one attached hydrogen (secondary N) is 1. The number of carbonyl (C=O) groups is 1. The molecule has 0 spiro atoms. The fourth-order valence-electron chi connectivity index (χ4n) is 1.39. The highest BCUT2D eigenvalue weighted by Gasteiger charge is 2.19. The van der Waals surface area contributed by atoms with Crippen LogP contribution >= 0.6 is 11.6 Å². The minimum absolute atomic E-state index is 0.149. The summed E-state index contributed by atoms with van der Waals surface area (Å²) < 4.78 is 0. The summed E-state index contributed by atoms with van der Waals surface area (Å²) in [6.07, 6.45) is 0.867. The van der Waals surface area contributed by atoms with Crippen LogP contribution in [0.15, 0.2) is 12.1 Å². The first-order valence-corrected chi connectivity index (χ1v) is 6.03. The fraction of sp³-hybridized carbons (Fsp3) is 0.500. The van der Waals surface area contributed by atoms with Gasteiger partial charge in [-0.3, -0.25) is 4.79 Å². The average Bonchev–Trinajstić information content (AvgIpc) is 2.30. The van der Waals surface area contributed by atoms with E-state index in [1.807, 2.05) is 13.8 Å². The molecule has 5 heteroatoms. The first-order valence-electron chi connectivity index (χ1n) is 5.65. The van der Waals surface area contributed by atoms with E-state index in [-0.39, 0.29) is 11.8 Å². The van der Waals surface area contributed by atoms with Crippen LogP contribution in [0.1, 0.15) is 26.0 Å². The van der Waals surface area contributed by atoms with Crippen LogP contribution in [-0.2, 0) is 4.79 Å². The number of hydrogen-bond acceptors (Lipinski definition) is 3. The Morgan fingerprint density at radius 1 is 1.59 bits per heavy atom. The van der Waals surface area contributed by atoms with Gasteiger partial charge in [0.1, 0.15) is 5.15 Å². The van der Waals surface area contributed by atoms with Crippen LogP contribution in [0.5, 0.6) is 0 Å². The molecule has 2 unspecified atom stereocenters. The lowest BCUT2D eigenvalue weighted by Crippen LogP contribution is -2.40. The maximum atomic E-state index is 11.9. The molecule has 0 aromatic carbocycles. The molecule has 1 aromatic rings. The molecule has 0 fully saturated rings. The molecule has 1 aromatic heterocycles. The van der Waals surface area contributed by atoms with Crippen LogP contribution in [0.4, 0.5) is 5.69 Å². The van der Waals surface area contributed by atoms with E-state index in [0.717, 1.165) is 6.42 Å². The van der Waals surface area contributed by atoms with Crippen molar-refractivity contribution in [3.8, 4) is 0 Å². The van der Waals surface area contributed by atoms with Crippen LogP contribution in [0.25, 0.3) is 0 Å². The molecule has 0 radical (unpaired) electrons. The van der Waals surface area contributed by atoms with Gasteiger partial charge < -0.3 is 11.1 Å². The number of pyridine rings is 1. The second-order valence-electron chi connectivity index (χ2n) is 4.17. The van der Waals surface area contributed by atoms with Crippen LogP contribution in [0.3, 0.4) is 0 Å². The van der Waals surface area contributed by atoms with Crippen LogP contribution < -0.4 is 11.1 Å². The highest BCUT2D eigenvalue weighted by Crippen LogP contribution is 2.16. The topological polar surface area (TPSA) is 68.0 Å². The molecule has 1 heterocycles. The van der Waals surface area contributed by atoms with Crippen molar-refractivity contribution in [2.45, 2.75) is 33.2 Å². The van der Waals surface area contributed by atoms with Gasteiger partial charge in [-0.2, -0.15) is 0 Å². The molecule has 0 saturated heterocycles. The van der Waals surface area contributed by atoms with Gasteiger partial charge in [0, 0.05) is 0 Å². The monoisotopic (exact) mass is 255 g/mol. The van der Waals surface area contributed by atoms with Crippen LogP contribution in [0.2, 0.25) is 5.15 Å². The van der Waals surface area contributed by atoms with Crippen LogP contribution in [-0.4, -0.2) is 16.9 Å². The third-order valence-corrected chi connectivity index (χ3v) is 3.08. The zero-order valence-corrected chi connectivity index (χ0v) is 11.1. The fourth-order valence-corrected chi connectivity index (χ4v) is 1.58. The molecule has 0 aliphatic rings. The normalized spacial score (nSPS) is 14.2. The standard InChI is InChI=1S/C12H18ClN3O/c1-4-7(2)11(14)12(17)16-9-5-6-10(13)15-8(9)3/h5-7,11H,4,14H2,1-3H3,(H,16,17). The van der Waals surface area contributed by atoms with Gasteiger partial charge in [-0.15, -0.1) is 0 Å². The van der Waals surface area contributed by atoms with Crippen molar-refractivity contribution >= 4 is 23.2 Å². The number of carbonyl (C=O) groups excluding carboxylic acids is 1. The third kappa shape index (κ3) is 3.68. The number of rotatable bonds is 4. The molecule has 4 nitrogen and oxygen atoms in total. The Hall–Kier alpha value is -1.13. The third-order valence-electron chi connectivity index (χ3n) is 2.87. The summed E-state index contributed by atoms with van der Waals surface area (Å²) in [7, 11) is 0. The number of halogens is 1. The van der Waals surface area contributed by atoms with Gasteiger partial charge in [0.15, 0.2) is 0 Å². The van der Waals surface area contributed by atoms with Crippen LogP contribution in [0, 0.1) is 12.8 Å². The van der Waals surface area contributed by atoms with Gasteiger partial charge in [0.2, 0.25) is 5.91 Å². The maximum absolute atomic E-state index is 11.9. The van der Waals surface area contributed by atoms with Gasteiger partial charge in [0.25, 0.3) is 0 Å². The summed E-state index contributed by atoms with van der Waals surface area (Å²) in [6.45, 7) is 5.75. The Balaban J connectivity index is 2.74. The lowest BCUT2D eigenvalue weighted by Gasteiger charge is -2.18. The molecule has 2 atom stereocenters. The van der Waals surface area contributed by atoms with E-state index in [4.69, 9.17) is 17.3 Å². The molecule has 0 aliphatic carbocycles. The second-order valence-corrected chi connectivity index (χ2v) is 4.55. The van der Waals surface area contributed by atoms with Gasteiger partial charge >= 0.3 is 0 Å². The van der Waals surface area contributed by atoms with Gasteiger partial charge in [-0.1, -0.05) is 31.9 Å². The Kier molecular flexibility index (Phi) is 4.90. The summed E-state index contributed by atoms with van der Waals surface area (Å²) >= 11 is 5.74. The lowest BCUT2D eigenvalue weighted by atomic mass is 9.99. The van der Waals surface area contributed by atoms with E-state index in [2.05, 4.69) is 10.3 Å². The number of nitrogens with two attached hydrogens (primary N) is 1. The number of nitrogens with zero attached hydrogens (tertiary/aromatic N) is 1. The van der Waals surface area contributed by atoms with Crippen molar-refractivity contribution in [1.29, 1.82) is 0 Å². The molecule has 1 amide bonds. The SMILES string of the molecule is CCC(C)C(N)C(=O)Nc1ccc(Cl)nc1C. The first-order chi connectivity index (χ1) is 7.95. The lowest BCUT2D eigenvalue weighted by molar-refractivity contribution is -0.118. The Morgan fingerprint density at radius 2 is 2.24 bits per heavy atom. The summed E-state index contributed by atoms with van der Waals surface area (Å²) in [5.74, 6) is -0.0397. The maximum Gasteiger partial charge on any atom is 0.241 e. The summed E-state index contributed by atoms with van der Waals surface area (Å²) in [4.78, 5) is 15.9. The van der Waals surface area contributed by atoms with Crippen molar-refractivity contribution in [3.05, 3.63) is 23.0 Å². The number of anilines is 1. The molecule has 94 valence electrons. The summed E-state index contributed by atoms with van der Waals surface area (Å²) in [6, 6.07) is 2.86.